The van der Waals surface area contributed by atoms with Gasteiger partial charge in [0, 0.05) is 48.7 Å². The number of carbonyl (C=O) groups excluding carboxylic acids is 2. The predicted molar refractivity (Wildman–Crippen MR) is 167 cm³/mol. The van der Waals surface area contributed by atoms with Gasteiger partial charge in [-0.15, -0.1) is 0 Å². The largest absolute Gasteiger partial charge is 0.493 e. The summed E-state index contributed by atoms with van der Waals surface area (Å²) < 4.78 is 37.1. The van der Waals surface area contributed by atoms with Gasteiger partial charge in [-0.25, -0.2) is 4.39 Å². The van der Waals surface area contributed by atoms with E-state index in [0.29, 0.717) is 59.3 Å². The molecule has 2 amide bonds. The molecule has 234 valence electrons. The number of anilines is 2. The molecule has 1 aromatic heterocycles. The summed E-state index contributed by atoms with van der Waals surface area (Å²) in [4.78, 5) is 34.0. The van der Waals surface area contributed by atoms with Gasteiger partial charge in [0.05, 0.1) is 32.4 Å². The number of carbonyl (C=O) groups is 2. The van der Waals surface area contributed by atoms with Crippen LogP contribution in [0.5, 0.6) is 23.0 Å². The molecular formula is C34H35FN4O6. The number of morpholine rings is 1. The van der Waals surface area contributed by atoms with Gasteiger partial charge in [-0.1, -0.05) is 0 Å². The first-order valence-electron chi connectivity index (χ1n) is 15.0. The van der Waals surface area contributed by atoms with Crippen LogP contribution in [-0.2, 0) is 14.3 Å². The minimum Gasteiger partial charge on any atom is -0.493 e. The molecule has 0 unspecified atom stereocenters. The van der Waals surface area contributed by atoms with Crippen molar-refractivity contribution in [3.8, 4) is 23.0 Å². The van der Waals surface area contributed by atoms with E-state index in [9.17, 15) is 14.0 Å². The number of halogens is 1. The van der Waals surface area contributed by atoms with Crippen LogP contribution in [-0.4, -0.2) is 68.3 Å². The molecule has 2 N–H and O–H groups in total. The first-order valence-corrected chi connectivity index (χ1v) is 15.0. The van der Waals surface area contributed by atoms with Gasteiger partial charge in [-0.05, 0) is 79.9 Å². The summed E-state index contributed by atoms with van der Waals surface area (Å²) in [6.07, 6.45) is 3.29. The van der Waals surface area contributed by atoms with Crippen LogP contribution in [0, 0.1) is 11.2 Å². The lowest BCUT2D eigenvalue weighted by Crippen LogP contribution is -2.41. The average Bonchev–Trinajstić information content (AvgIpc) is 3.88. The van der Waals surface area contributed by atoms with Crippen molar-refractivity contribution in [1.29, 1.82) is 0 Å². The monoisotopic (exact) mass is 614 g/mol. The molecule has 1 aliphatic heterocycles. The minimum atomic E-state index is -1.26. The van der Waals surface area contributed by atoms with E-state index < -0.39 is 23.0 Å². The highest BCUT2D eigenvalue weighted by atomic mass is 19.1. The number of pyridine rings is 1. The van der Waals surface area contributed by atoms with E-state index in [4.69, 9.17) is 24.7 Å². The van der Waals surface area contributed by atoms with E-state index in [0.717, 1.165) is 44.7 Å². The van der Waals surface area contributed by atoms with Crippen LogP contribution in [0.1, 0.15) is 19.3 Å². The molecule has 0 bridgehead atoms. The second kappa shape index (κ2) is 13.1. The molecule has 11 heteroatoms. The highest BCUT2D eigenvalue weighted by Crippen LogP contribution is 2.49. The fraction of sp³-hybridized carbons (Fsp3) is 0.324. The van der Waals surface area contributed by atoms with Crippen molar-refractivity contribution in [2.75, 3.05) is 51.5 Å². The van der Waals surface area contributed by atoms with Crippen molar-refractivity contribution in [3.05, 3.63) is 78.7 Å². The van der Waals surface area contributed by atoms with Crippen LogP contribution in [0.2, 0.25) is 0 Å². The van der Waals surface area contributed by atoms with Crippen LogP contribution < -0.4 is 24.8 Å². The fourth-order valence-corrected chi connectivity index (χ4v) is 5.45. The summed E-state index contributed by atoms with van der Waals surface area (Å²) in [6.45, 7) is 4.90. The number of nitrogens with two attached hydrogens (primary N) is 1. The van der Waals surface area contributed by atoms with Gasteiger partial charge in [0.2, 0.25) is 11.8 Å². The Labute approximate surface area is 260 Å². The zero-order valence-electron chi connectivity index (χ0n) is 25.0. The first-order chi connectivity index (χ1) is 21.9. The summed E-state index contributed by atoms with van der Waals surface area (Å²) in [6, 6.07) is 17.8. The number of hydrogen-bond acceptors (Lipinski definition) is 8. The average molecular weight is 615 g/mol. The second-order valence-electron chi connectivity index (χ2n) is 11.1. The number of rotatable bonds is 12. The van der Waals surface area contributed by atoms with Gasteiger partial charge in [0.25, 0.3) is 0 Å². The maximum Gasteiger partial charge on any atom is 0.247 e. The van der Waals surface area contributed by atoms with Crippen molar-refractivity contribution in [1.82, 2.24) is 9.88 Å². The van der Waals surface area contributed by atoms with Gasteiger partial charge < -0.3 is 24.7 Å². The van der Waals surface area contributed by atoms with Gasteiger partial charge in [-0.3, -0.25) is 24.4 Å². The topological polar surface area (TPSA) is 116 Å². The Morgan fingerprint density at radius 3 is 2.31 bits per heavy atom. The van der Waals surface area contributed by atoms with E-state index in [1.165, 1.54) is 29.2 Å². The van der Waals surface area contributed by atoms with Crippen LogP contribution >= 0.6 is 0 Å². The molecule has 3 aromatic carbocycles. The standard InChI is InChI=1S/C34H35FN4O6/c1-42-30-21-27-28(22-31(30)44-18-2-15-38-16-19-43-20-17-38)37-14-11-29(27)45-26-9-7-25(8-10-26)39(24-5-3-23(35)4-6-24)33(41)34(12-13-34)32(36)40/h3-11,14,21-22H,2,12-13,15-20H2,1H3,(H2,36,40). The SMILES string of the molecule is COc1cc2c(Oc3ccc(N(C(=O)C4(C(N)=O)CC4)c4ccc(F)cc4)cc3)ccnc2cc1OCCCN1CCOCC1. The molecular weight excluding hydrogens is 579 g/mol. The Kier molecular flexibility index (Phi) is 8.81. The maximum absolute atomic E-state index is 13.7. The molecule has 6 rings (SSSR count). The minimum absolute atomic E-state index is 0.375. The Morgan fingerprint density at radius 2 is 1.67 bits per heavy atom. The number of hydrogen-bond donors (Lipinski definition) is 1. The predicted octanol–water partition coefficient (Wildman–Crippen LogP) is 5.21. The second-order valence-corrected chi connectivity index (χ2v) is 11.1. The molecule has 2 aliphatic rings. The fourth-order valence-electron chi connectivity index (χ4n) is 5.45. The molecule has 1 saturated heterocycles. The van der Waals surface area contributed by atoms with E-state index in [1.54, 1.807) is 43.6 Å². The summed E-state index contributed by atoms with van der Waals surface area (Å²) in [7, 11) is 1.59. The van der Waals surface area contributed by atoms with E-state index in [1.807, 2.05) is 12.1 Å². The van der Waals surface area contributed by atoms with Crippen LogP contribution in [0.25, 0.3) is 10.9 Å². The zero-order chi connectivity index (χ0) is 31.4. The van der Waals surface area contributed by atoms with E-state index in [-0.39, 0.29) is 0 Å². The Balaban J connectivity index is 1.20. The lowest BCUT2D eigenvalue weighted by atomic mass is 10.0. The maximum atomic E-state index is 13.7. The summed E-state index contributed by atoms with van der Waals surface area (Å²) in [5.74, 6) is 0.700. The molecule has 10 nitrogen and oxygen atoms in total. The number of benzene rings is 3. The van der Waals surface area contributed by atoms with Crippen LogP contribution in [0.3, 0.4) is 0 Å². The highest BCUT2D eigenvalue weighted by molar-refractivity contribution is 6.16. The number of amides is 2. The zero-order valence-corrected chi connectivity index (χ0v) is 25.0. The highest BCUT2D eigenvalue weighted by Gasteiger charge is 2.57. The number of nitrogens with zero attached hydrogens (tertiary/aromatic N) is 3. The lowest BCUT2D eigenvalue weighted by molar-refractivity contribution is -0.133. The first kappa shape index (κ1) is 30.3. The molecule has 0 atom stereocenters. The van der Waals surface area contributed by atoms with Crippen molar-refractivity contribution in [3.63, 3.8) is 0 Å². The van der Waals surface area contributed by atoms with Crippen LogP contribution in [0.4, 0.5) is 15.8 Å². The Bertz CT molecular complexity index is 1670. The van der Waals surface area contributed by atoms with Gasteiger partial charge in [-0.2, -0.15) is 0 Å². The third kappa shape index (κ3) is 6.54. The van der Waals surface area contributed by atoms with Crippen LogP contribution in [0.15, 0.2) is 72.9 Å². The van der Waals surface area contributed by atoms with Gasteiger partial charge in [0.1, 0.15) is 22.7 Å². The molecule has 1 aliphatic carbocycles. The van der Waals surface area contributed by atoms with Gasteiger partial charge >= 0.3 is 0 Å². The third-order valence-corrected chi connectivity index (χ3v) is 8.21. The Morgan fingerprint density at radius 1 is 0.978 bits per heavy atom. The normalized spacial score (nSPS) is 15.8. The number of primary amides is 1. The molecule has 2 fully saturated rings. The number of ether oxygens (including phenoxy) is 4. The number of aromatic nitrogens is 1. The molecule has 4 aromatic rings. The van der Waals surface area contributed by atoms with Crippen molar-refractivity contribution < 1.29 is 32.9 Å². The number of fused-ring (bicyclic) bond motifs is 1. The molecule has 0 radical (unpaired) electrons. The van der Waals surface area contributed by atoms with Crippen molar-refractivity contribution in [2.24, 2.45) is 11.1 Å². The number of methoxy groups -OCH3 is 1. The molecule has 2 heterocycles. The molecule has 45 heavy (non-hydrogen) atoms. The van der Waals surface area contributed by atoms with E-state index in [2.05, 4.69) is 9.88 Å². The smallest absolute Gasteiger partial charge is 0.247 e. The summed E-state index contributed by atoms with van der Waals surface area (Å²) in [5.41, 5.74) is 5.94. The molecule has 0 spiro atoms. The van der Waals surface area contributed by atoms with E-state index >= 15 is 0 Å². The molecule has 1 saturated carbocycles. The quantitative estimate of drug-likeness (QED) is 0.171. The van der Waals surface area contributed by atoms with Crippen molar-refractivity contribution >= 4 is 34.1 Å². The Hall–Kier alpha value is -4.74. The third-order valence-electron chi connectivity index (χ3n) is 8.21. The lowest BCUT2D eigenvalue weighted by Gasteiger charge is -2.26. The van der Waals surface area contributed by atoms with Crippen molar-refractivity contribution in [2.45, 2.75) is 19.3 Å². The summed E-state index contributed by atoms with van der Waals surface area (Å²) in [5, 5.41) is 0.736. The van der Waals surface area contributed by atoms with Gasteiger partial charge in [0.15, 0.2) is 11.5 Å². The summed E-state index contributed by atoms with van der Waals surface area (Å²) >= 11 is 0.